The Labute approximate surface area is 149 Å². The Morgan fingerprint density at radius 2 is 1.77 bits per heavy atom. The van der Waals surface area contributed by atoms with Crippen LogP contribution in [0.2, 0.25) is 0 Å². The van der Waals surface area contributed by atoms with Crippen molar-refractivity contribution >= 4 is 22.7 Å². The lowest BCUT2D eigenvalue weighted by Crippen LogP contribution is -2.50. The fourth-order valence-electron chi connectivity index (χ4n) is 3.34. The highest BCUT2D eigenvalue weighted by Crippen LogP contribution is 2.24. The molecule has 0 saturated carbocycles. The van der Waals surface area contributed by atoms with Gasteiger partial charge in [-0.05, 0) is 42.8 Å². The Bertz CT molecular complexity index is 969. The Morgan fingerprint density at radius 3 is 2.42 bits per heavy atom. The summed E-state index contributed by atoms with van der Waals surface area (Å²) in [6.45, 7) is 3.57. The summed E-state index contributed by atoms with van der Waals surface area (Å²) in [4.78, 5) is 31.6. The van der Waals surface area contributed by atoms with Crippen molar-refractivity contribution in [3.63, 3.8) is 0 Å². The van der Waals surface area contributed by atoms with Crippen LogP contribution in [-0.4, -0.2) is 52.8 Å². The summed E-state index contributed by atoms with van der Waals surface area (Å²) < 4.78 is 18.6. The van der Waals surface area contributed by atoms with E-state index in [9.17, 15) is 14.0 Å². The van der Waals surface area contributed by atoms with Crippen LogP contribution in [0.15, 0.2) is 41.0 Å². The summed E-state index contributed by atoms with van der Waals surface area (Å²) in [6.07, 6.45) is 1.47. The van der Waals surface area contributed by atoms with Crippen molar-refractivity contribution in [1.29, 1.82) is 0 Å². The fraction of sp³-hybridized carbons (Fsp3) is 0.263. The molecule has 1 aliphatic heterocycles. The number of furan rings is 1. The van der Waals surface area contributed by atoms with Crippen LogP contribution in [0.25, 0.3) is 10.9 Å². The van der Waals surface area contributed by atoms with Gasteiger partial charge in [-0.25, -0.2) is 4.39 Å². The summed E-state index contributed by atoms with van der Waals surface area (Å²) in [5.74, 6) is -0.328. The number of carbonyl (C=O) groups is 2. The number of nitrogens with zero attached hydrogens (tertiary/aromatic N) is 2. The minimum absolute atomic E-state index is 0.135. The number of fused-ring (bicyclic) bond motifs is 1. The van der Waals surface area contributed by atoms with Crippen molar-refractivity contribution in [2.75, 3.05) is 26.2 Å². The number of hydrogen-bond acceptors (Lipinski definition) is 3. The van der Waals surface area contributed by atoms with Crippen molar-refractivity contribution in [1.82, 2.24) is 14.8 Å². The van der Waals surface area contributed by atoms with Crippen LogP contribution in [0.4, 0.5) is 4.39 Å². The van der Waals surface area contributed by atoms with Crippen LogP contribution in [0.5, 0.6) is 0 Å². The van der Waals surface area contributed by atoms with Crippen molar-refractivity contribution in [3.8, 4) is 0 Å². The Kier molecular flexibility index (Phi) is 3.99. The van der Waals surface area contributed by atoms with Crippen molar-refractivity contribution in [3.05, 3.63) is 59.4 Å². The van der Waals surface area contributed by atoms with E-state index in [1.165, 1.54) is 18.4 Å². The van der Waals surface area contributed by atoms with E-state index in [0.29, 0.717) is 43.0 Å². The van der Waals surface area contributed by atoms with Gasteiger partial charge in [0.2, 0.25) is 0 Å². The summed E-state index contributed by atoms with van der Waals surface area (Å²) in [6, 6.07) is 7.74. The molecule has 3 aromatic rings. The first-order valence-electron chi connectivity index (χ1n) is 8.44. The van der Waals surface area contributed by atoms with Gasteiger partial charge in [0.25, 0.3) is 11.8 Å². The van der Waals surface area contributed by atoms with Gasteiger partial charge in [-0.3, -0.25) is 9.59 Å². The largest absolute Gasteiger partial charge is 0.459 e. The summed E-state index contributed by atoms with van der Waals surface area (Å²) >= 11 is 0. The smallest absolute Gasteiger partial charge is 0.289 e. The van der Waals surface area contributed by atoms with Gasteiger partial charge in [-0.2, -0.15) is 0 Å². The molecular weight excluding hydrogens is 337 g/mol. The first-order chi connectivity index (χ1) is 12.5. The Balaban J connectivity index is 1.49. The molecular formula is C19H18FN3O3. The zero-order valence-electron chi connectivity index (χ0n) is 14.3. The van der Waals surface area contributed by atoms with Gasteiger partial charge in [-0.15, -0.1) is 0 Å². The minimum atomic E-state index is -0.330. The number of hydrogen-bond donors (Lipinski definition) is 1. The maximum Gasteiger partial charge on any atom is 0.289 e. The van der Waals surface area contributed by atoms with Crippen molar-refractivity contribution in [2.45, 2.75) is 6.92 Å². The molecule has 0 unspecified atom stereocenters. The van der Waals surface area contributed by atoms with E-state index >= 15 is 0 Å². The third kappa shape index (κ3) is 2.75. The third-order valence-electron chi connectivity index (χ3n) is 4.82. The van der Waals surface area contributed by atoms with Crippen LogP contribution >= 0.6 is 0 Å². The Hall–Kier alpha value is -3.09. The van der Waals surface area contributed by atoms with E-state index in [1.54, 1.807) is 28.0 Å². The molecule has 7 heteroatoms. The molecule has 0 aliphatic carbocycles. The molecule has 1 aliphatic rings. The van der Waals surface area contributed by atoms with Crippen molar-refractivity contribution in [2.24, 2.45) is 0 Å². The maximum absolute atomic E-state index is 13.5. The second kappa shape index (κ2) is 6.33. The predicted octanol–water partition coefficient (Wildman–Crippen LogP) is 2.81. The summed E-state index contributed by atoms with van der Waals surface area (Å²) in [7, 11) is 0. The van der Waals surface area contributed by atoms with Gasteiger partial charge < -0.3 is 19.2 Å². The zero-order valence-corrected chi connectivity index (χ0v) is 14.3. The molecule has 0 atom stereocenters. The topological polar surface area (TPSA) is 69.6 Å². The highest BCUT2D eigenvalue weighted by molar-refractivity contribution is 6.01. The molecule has 26 heavy (non-hydrogen) atoms. The Morgan fingerprint density at radius 1 is 1.08 bits per heavy atom. The van der Waals surface area contributed by atoms with Crippen LogP contribution in [-0.2, 0) is 0 Å². The second-order valence-corrected chi connectivity index (χ2v) is 6.38. The maximum atomic E-state index is 13.5. The number of aryl methyl sites for hydroxylation is 1. The first-order valence-corrected chi connectivity index (χ1v) is 8.44. The average Bonchev–Trinajstić information content (AvgIpc) is 3.30. The molecule has 134 valence electrons. The number of halogens is 1. The standard InChI is InChI=1S/C19H18FN3O3/c1-12-14-11-13(20)4-5-15(14)21-17(12)19(25)23-8-6-22(7-9-23)18(24)16-3-2-10-26-16/h2-5,10-11,21H,6-9H2,1H3. The highest BCUT2D eigenvalue weighted by Gasteiger charge is 2.28. The lowest BCUT2D eigenvalue weighted by atomic mass is 10.1. The van der Waals surface area contributed by atoms with Gasteiger partial charge in [-0.1, -0.05) is 0 Å². The number of amides is 2. The van der Waals surface area contributed by atoms with Gasteiger partial charge in [0, 0.05) is 37.1 Å². The molecule has 3 heterocycles. The average molecular weight is 355 g/mol. The molecule has 6 nitrogen and oxygen atoms in total. The molecule has 2 amide bonds. The van der Waals surface area contributed by atoms with E-state index in [4.69, 9.17) is 4.42 Å². The molecule has 0 bridgehead atoms. The SMILES string of the molecule is Cc1c(C(=O)N2CCN(C(=O)c3ccco3)CC2)[nH]c2ccc(F)cc12. The van der Waals surface area contributed by atoms with Crippen molar-refractivity contribution < 1.29 is 18.4 Å². The van der Waals surface area contributed by atoms with Crippen LogP contribution in [0.3, 0.4) is 0 Å². The quantitative estimate of drug-likeness (QED) is 0.768. The minimum Gasteiger partial charge on any atom is -0.459 e. The number of aromatic amines is 1. The predicted molar refractivity (Wildman–Crippen MR) is 93.5 cm³/mol. The number of rotatable bonds is 2. The molecule has 1 fully saturated rings. The second-order valence-electron chi connectivity index (χ2n) is 6.38. The van der Waals surface area contributed by atoms with E-state index in [2.05, 4.69) is 4.98 Å². The monoisotopic (exact) mass is 355 g/mol. The fourth-order valence-corrected chi connectivity index (χ4v) is 3.34. The summed E-state index contributed by atoms with van der Waals surface area (Å²) in [5.41, 5.74) is 1.94. The van der Waals surface area contributed by atoms with Gasteiger partial charge in [0.15, 0.2) is 5.76 Å². The van der Waals surface area contributed by atoms with Crippen LogP contribution in [0.1, 0.15) is 26.6 Å². The van der Waals surface area contributed by atoms with Crippen LogP contribution in [0, 0.1) is 12.7 Å². The normalized spacial score (nSPS) is 14.8. The number of aromatic nitrogens is 1. The molecule has 0 radical (unpaired) electrons. The van der Waals surface area contributed by atoms with E-state index in [0.717, 1.165) is 11.1 Å². The molecule has 1 saturated heterocycles. The van der Waals surface area contributed by atoms with Gasteiger partial charge in [0.1, 0.15) is 11.5 Å². The van der Waals surface area contributed by atoms with E-state index in [-0.39, 0.29) is 17.6 Å². The highest BCUT2D eigenvalue weighted by atomic mass is 19.1. The third-order valence-corrected chi connectivity index (χ3v) is 4.82. The lowest BCUT2D eigenvalue weighted by molar-refractivity contribution is 0.0515. The molecule has 1 aromatic carbocycles. The number of benzene rings is 1. The van der Waals surface area contributed by atoms with E-state index < -0.39 is 0 Å². The van der Waals surface area contributed by atoms with Gasteiger partial charge >= 0.3 is 0 Å². The molecule has 0 spiro atoms. The molecule has 1 N–H and O–H groups in total. The lowest BCUT2D eigenvalue weighted by Gasteiger charge is -2.34. The van der Waals surface area contributed by atoms with Crippen LogP contribution < -0.4 is 0 Å². The summed E-state index contributed by atoms with van der Waals surface area (Å²) in [5, 5.41) is 0.708. The van der Waals surface area contributed by atoms with Gasteiger partial charge in [0.05, 0.1) is 6.26 Å². The number of carbonyl (C=O) groups excluding carboxylic acids is 2. The molecule has 4 rings (SSSR count). The number of H-pyrrole nitrogens is 1. The zero-order chi connectivity index (χ0) is 18.3. The number of piperazine rings is 1. The van der Waals surface area contributed by atoms with E-state index in [1.807, 2.05) is 6.92 Å². The first kappa shape index (κ1) is 16.4. The number of nitrogens with one attached hydrogen (secondary N) is 1. The molecule has 2 aromatic heterocycles.